The monoisotopic (exact) mass is 507 g/mol. The summed E-state index contributed by atoms with van der Waals surface area (Å²) >= 11 is 7.08. The summed E-state index contributed by atoms with van der Waals surface area (Å²) in [6.07, 6.45) is 0. The van der Waals surface area contributed by atoms with Crippen LogP contribution in [-0.2, 0) is 0 Å². The highest BCUT2D eigenvalue weighted by atomic mass is 32.1. The van der Waals surface area contributed by atoms with Crippen molar-refractivity contribution >= 4 is 44.0 Å². The number of benzene rings is 3. The Labute approximate surface area is 216 Å². The summed E-state index contributed by atoms with van der Waals surface area (Å²) in [5, 5.41) is 0.901. The second-order valence-electron chi connectivity index (χ2n) is 8.55. The Kier molecular flexibility index (Phi) is 5.51. The minimum absolute atomic E-state index is 0.146. The van der Waals surface area contributed by atoms with Gasteiger partial charge in [-0.05, 0) is 78.3 Å². The molecule has 1 N–H and O–H groups in total. The van der Waals surface area contributed by atoms with Crippen molar-refractivity contribution in [1.82, 2.24) is 14.5 Å². The number of hydrogen-bond donors (Lipinski definition) is 1. The second kappa shape index (κ2) is 8.86. The Bertz CT molecular complexity index is 1870. The molecule has 6 rings (SSSR count). The zero-order valence-corrected chi connectivity index (χ0v) is 21.2. The van der Waals surface area contributed by atoms with E-state index < -0.39 is 0 Å². The Morgan fingerprint density at radius 3 is 2.44 bits per heavy atom. The van der Waals surface area contributed by atoms with Gasteiger partial charge in [-0.3, -0.25) is 9.36 Å². The molecular formula is C29H21N3O2S2. The van der Waals surface area contributed by atoms with Crippen molar-refractivity contribution in [2.45, 2.75) is 6.92 Å². The lowest BCUT2D eigenvalue weighted by Gasteiger charge is -2.10. The van der Waals surface area contributed by atoms with E-state index in [4.69, 9.17) is 21.9 Å². The number of methoxy groups -OCH3 is 1. The van der Waals surface area contributed by atoms with Gasteiger partial charge in [-0.1, -0.05) is 42.5 Å². The maximum Gasteiger partial charge on any atom is 0.276 e. The summed E-state index contributed by atoms with van der Waals surface area (Å²) in [6, 6.07) is 27.8. The van der Waals surface area contributed by atoms with Crippen LogP contribution >= 0.6 is 23.6 Å². The molecule has 0 aliphatic carbocycles. The maximum absolute atomic E-state index is 13.7. The molecule has 3 heterocycles. The molecule has 0 saturated carbocycles. The molecule has 176 valence electrons. The zero-order chi connectivity index (χ0) is 24.8. The van der Waals surface area contributed by atoms with Crippen molar-refractivity contribution in [3.05, 3.63) is 106 Å². The van der Waals surface area contributed by atoms with Crippen molar-refractivity contribution in [3.63, 3.8) is 0 Å². The van der Waals surface area contributed by atoms with Crippen LogP contribution in [0.25, 0.3) is 48.5 Å². The molecule has 0 unspecified atom stereocenters. The number of pyridine rings is 1. The highest BCUT2D eigenvalue weighted by Gasteiger charge is 2.19. The van der Waals surface area contributed by atoms with E-state index in [0.29, 0.717) is 9.47 Å². The second-order valence-corrected chi connectivity index (χ2v) is 9.93. The van der Waals surface area contributed by atoms with Crippen LogP contribution in [-0.4, -0.2) is 21.6 Å². The molecule has 0 aliphatic rings. The average molecular weight is 508 g/mol. The van der Waals surface area contributed by atoms with E-state index in [-0.39, 0.29) is 5.56 Å². The normalized spacial score (nSPS) is 11.3. The number of aromatic nitrogens is 3. The number of thiophene rings is 1. The fraction of sp³-hybridized carbons (Fsp3) is 0.0690. The minimum atomic E-state index is -0.146. The number of H-pyrrole nitrogens is 1. The average Bonchev–Trinajstić information content (AvgIpc) is 3.27. The largest absolute Gasteiger partial charge is 0.497 e. The summed E-state index contributed by atoms with van der Waals surface area (Å²) in [5.74, 6) is 0.786. The van der Waals surface area contributed by atoms with Gasteiger partial charge in [-0.25, -0.2) is 4.98 Å². The van der Waals surface area contributed by atoms with Gasteiger partial charge in [-0.15, -0.1) is 11.3 Å². The van der Waals surface area contributed by atoms with Crippen molar-refractivity contribution < 1.29 is 4.74 Å². The molecule has 36 heavy (non-hydrogen) atoms. The lowest BCUT2D eigenvalue weighted by Crippen LogP contribution is -2.19. The molecule has 7 heteroatoms. The standard InChI is InChI=1S/C29H21N3O2S2/c1-17-7-6-10-20(15-17)32-28(33)26-25(31-29(32)35)24-22(18-8-4-3-5-9-18)16-23(30-27(24)36-26)19-11-13-21(34-2)14-12-19/h3-16H,1-2H3,(H,31,35). The predicted octanol–water partition coefficient (Wildman–Crippen LogP) is 7.31. The molecule has 0 aliphatic heterocycles. The summed E-state index contributed by atoms with van der Waals surface area (Å²) < 4.78 is 7.83. The Morgan fingerprint density at radius 1 is 0.944 bits per heavy atom. The number of aromatic amines is 1. The van der Waals surface area contributed by atoms with Gasteiger partial charge in [0.2, 0.25) is 0 Å². The third-order valence-corrected chi connectivity index (χ3v) is 7.58. The van der Waals surface area contributed by atoms with Gasteiger partial charge in [0.1, 0.15) is 15.3 Å². The van der Waals surface area contributed by atoms with Crippen LogP contribution in [0.5, 0.6) is 5.75 Å². The number of rotatable bonds is 4. The SMILES string of the molecule is COc1ccc(-c2cc(-c3ccccc3)c3c(n2)sc2c(=O)n(-c4cccc(C)c4)c(=S)[nH]c23)cc1. The molecule has 0 amide bonds. The Morgan fingerprint density at radius 2 is 1.72 bits per heavy atom. The van der Waals surface area contributed by atoms with Gasteiger partial charge in [0.05, 0.1) is 24.0 Å². The van der Waals surface area contributed by atoms with Gasteiger partial charge in [0.15, 0.2) is 4.77 Å². The first kappa shape index (κ1) is 22.4. The van der Waals surface area contributed by atoms with E-state index in [1.165, 1.54) is 11.3 Å². The van der Waals surface area contributed by atoms with Gasteiger partial charge in [-0.2, -0.15) is 0 Å². The van der Waals surface area contributed by atoms with Crippen molar-refractivity contribution in [2.75, 3.05) is 7.11 Å². The molecule has 0 atom stereocenters. The maximum atomic E-state index is 13.7. The van der Waals surface area contributed by atoms with Crippen LogP contribution in [0.2, 0.25) is 0 Å². The van der Waals surface area contributed by atoms with E-state index in [1.54, 1.807) is 11.7 Å². The number of ether oxygens (including phenoxy) is 1. The Balaban J connectivity index is 1.68. The van der Waals surface area contributed by atoms with Gasteiger partial charge in [0, 0.05) is 10.9 Å². The van der Waals surface area contributed by atoms with Crippen LogP contribution < -0.4 is 10.3 Å². The van der Waals surface area contributed by atoms with Gasteiger partial charge < -0.3 is 9.72 Å². The Hall–Kier alpha value is -4.07. The zero-order valence-electron chi connectivity index (χ0n) is 19.6. The highest BCUT2D eigenvalue weighted by molar-refractivity contribution is 7.71. The van der Waals surface area contributed by atoms with Crippen LogP contribution in [0.15, 0.2) is 89.7 Å². The molecule has 0 radical (unpaired) electrons. The predicted molar refractivity (Wildman–Crippen MR) is 150 cm³/mol. The van der Waals surface area contributed by atoms with E-state index in [0.717, 1.165) is 55.1 Å². The van der Waals surface area contributed by atoms with Crippen LogP contribution in [0.3, 0.4) is 0 Å². The molecule has 0 bridgehead atoms. The first-order valence-corrected chi connectivity index (χ1v) is 12.7. The molecule has 0 spiro atoms. The number of nitrogens with one attached hydrogen (secondary N) is 1. The molecule has 3 aromatic carbocycles. The van der Waals surface area contributed by atoms with E-state index in [2.05, 4.69) is 23.2 Å². The van der Waals surface area contributed by atoms with Crippen LogP contribution in [0.1, 0.15) is 5.56 Å². The lowest BCUT2D eigenvalue weighted by molar-refractivity contribution is 0.415. The quantitative estimate of drug-likeness (QED) is 0.254. The number of aryl methyl sites for hydroxylation is 1. The molecule has 0 fully saturated rings. The van der Waals surface area contributed by atoms with Crippen molar-refractivity contribution in [3.8, 4) is 33.8 Å². The minimum Gasteiger partial charge on any atom is -0.497 e. The number of nitrogens with zero attached hydrogens (tertiary/aromatic N) is 2. The van der Waals surface area contributed by atoms with Crippen molar-refractivity contribution in [1.29, 1.82) is 0 Å². The summed E-state index contributed by atoms with van der Waals surface area (Å²) in [4.78, 5) is 22.9. The van der Waals surface area contributed by atoms with E-state index in [1.807, 2.05) is 73.7 Å². The fourth-order valence-corrected chi connectivity index (χ4v) is 5.86. The van der Waals surface area contributed by atoms with E-state index in [9.17, 15) is 4.79 Å². The van der Waals surface area contributed by atoms with Gasteiger partial charge in [0.25, 0.3) is 5.56 Å². The third kappa shape index (κ3) is 3.73. The molecule has 5 nitrogen and oxygen atoms in total. The molecule has 6 aromatic rings. The summed E-state index contributed by atoms with van der Waals surface area (Å²) in [5.41, 5.74) is 6.22. The third-order valence-electron chi connectivity index (χ3n) is 6.22. The van der Waals surface area contributed by atoms with Gasteiger partial charge >= 0.3 is 0 Å². The van der Waals surface area contributed by atoms with Crippen LogP contribution in [0.4, 0.5) is 0 Å². The molecule has 0 saturated heterocycles. The fourth-order valence-electron chi connectivity index (χ4n) is 4.48. The topological polar surface area (TPSA) is 59.9 Å². The summed E-state index contributed by atoms with van der Waals surface area (Å²) in [6.45, 7) is 2.00. The first-order chi connectivity index (χ1) is 17.5. The number of fused-ring (bicyclic) bond motifs is 3. The summed E-state index contributed by atoms with van der Waals surface area (Å²) in [7, 11) is 1.65. The first-order valence-electron chi connectivity index (χ1n) is 11.4. The number of hydrogen-bond acceptors (Lipinski definition) is 5. The van der Waals surface area contributed by atoms with Crippen LogP contribution in [0, 0.1) is 11.7 Å². The lowest BCUT2D eigenvalue weighted by atomic mass is 10.00. The molecule has 3 aromatic heterocycles. The smallest absolute Gasteiger partial charge is 0.276 e. The van der Waals surface area contributed by atoms with E-state index >= 15 is 0 Å². The molecular weight excluding hydrogens is 486 g/mol. The van der Waals surface area contributed by atoms with Crippen molar-refractivity contribution in [2.24, 2.45) is 0 Å². The highest BCUT2D eigenvalue weighted by Crippen LogP contribution is 2.39.